The highest BCUT2D eigenvalue weighted by Gasteiger charge is 1.89. The average molecular weight is 293 g/mol. The zero-order chi connectivity index (χ0) is 17.1. The summed E-state index contributed by atoms with van der Waals surface area (Å²) in [5.74, 6) is 3.20. The molecule has 0 aromatic heterocycles. The second kappa shape index (κ2) is 20.2. The van der Waals surface area contributed by atoms with E-state index in [1.807, 2.05) is 13.8 Å². The molecule has 21 heavy (non-hydrogen) atoms. The Balaban J connectivity index is -0.000000253. The van der Waals surface area contributed by atoms with Crippen molar-refractivity contribution in [3.05, 3.63) is 29.8 Å². The van der Waals surface area contributed by atoms with Crippen molar-refractivity contribution in [1.29, 1.82) is 0 Å². The lowest BCUT2D eigenvalue weighted by Crippen LogP contribution is -2.14. The number of hydrogen-bond donors (Lipinski definition) is 1. The third kappa shape index (κ3) is 20.4. The van der Waals surface area contributed by atoms with Crippen molar-refractivity contribution in [2.45, 2.75) is 27.7 Å². The Morgan fingerprint density at radius 1 is 1.33 bits per heavy atom. The molecule has 0 heterocycles. The number of Topliss-reactive ketones (excluding diaryl/α,β-unsaturated/α-hetero) is 1. The van der Waals surface area contributed by atoms with Crippen molar-refractivity contribution in [2.75, 3.05) is 20.7 Å². The van der Waals surface area contributed by atoms with Crippen molar-refractivity contribution in [1.82, 2.24) is 5.32 Å². The van der Waals surface area contributed by atoms with Crippen LogP contribution in [0.1, 0.15) is 38.1 Å². The highest BCUT2D eigenvalue weighted by molar-refractivity contribution is 5.77. The molecule has 0 spiro atoms. The predicted octanol–water partition coefficient (Wildman–Crippen LogP) is 2.97. The Morgan fingerprint density at radius 2 is 1.76 bits per heavy atom. The zero-order valence-corrected chi connectivity index (χ0v) is 13.9. The summed E-state index contributed by atoms with van der Waals surface area (Å²) in [7, 11) is 3.34. The van der Waals surface area contributed by atoms with Gasteiger partial charge in [-0.2, -0.15) is 0 Å². The number of aldehydes is 1. The lowest BCUT2D eigenvalue weighted by Gasteiger charge is -1.96. The number of rotatable bonds is 4. The molecule has 4 heteroatoms. The lowest BCUT2D eigenvalue weighted by molar-refractivity contribution is -0.116. The number of benzene rings is 1. The Kier molecular flexibility index (Phi) is 23.0. The quantitative estimate of drug-likeness (QED) is 0.685. The monoisotopic (exact) mass is 293 g/mol. The number of hydrogen-bond acceptors (Lipinski definition) is 4. The summed E-state index contributed by atoms with van der Waals surface area (Å²) >= 11 is 0. The van der Waals surface area contributed by atoms with E-state index in [1.165, 1.54) is 0 Å². The number of ketones is 1. The van der Waals surface area contributed by atoms with Crippen LogP contribution in [0, 0.1) is 12.3 Å². The van der Waals surface area contributed by atoms with E-state index in [0.717, 1.165) is 12.0 Å². The van der Waals surface area contributed by atoms with Gasteiger partial charge in [0.2, 0.25) is 0 Å². The Morgan fingerprint density at radius 3 is 1.95 bits per heavy atom. The van der Waals surface area contributed by atoms with E-state index in [9.17, 15) is 9.59 Å². The van der Waals surface area contributed by atoms with Gasteiger partial charge in [0.25, 0.3) is 0 Å². The minimum atomic E-state index is 0.178. The van der Waals surface area contributed by atoms with E-state index in [4.69, 9.17) is 4.74 Å². The van der Waals surface area contributed by atoms with Crippen LogP contribution in [0.4, 0.5) is 0 Å². The molecule has 0 saturated heterocycles. The summed E-state index contributed by atoms with van der Waals surface area (Å²) in [5.41, 5.74) is 0.667. The first-order chi connectivity index (χ1) is 10.0. The van der Waals surface area contributed by atoms with Gasteiger partial charge in [-0.15, -0.1) is 12.3 Å². The van der Waals surface area contributed by atoms with Crippen LogP contribution in [0.5, 0.6) is 5.75 Å². The van der Waals surface area contributed by atoms with E-state index in [0.29, 0.717) is 12.1 Å². The molecule has 0 aliphatic heterocycles. The van der Waals surface area contributed by atoms with E-state index >= 15 is 0 Å². The SMILES string of the molecule is C#CC.CC.CNCC(C)=O.COc1ccc(C=O)cc1. The van der Waals surface area contributed by atoms with E-state index < -0.39 is 0 Å². The van der Waals surface area contributed by atoms with Crippen molar-refractivity contribution in [3.63, 3.8) is 0 Å². The van der Waals surface area contributed by atoms with Crippen LogP contribution in [0.2, 0.25) is 0 Å². The first-order valence-electron chi connectivity index (χ1n) is 6.66. The predicted molar refractivity (Wildman–Crippen MR) is 88.8 cm³/mol. The first kappa shape index (κ1) is 23.9. The maximum Gasteiger partial charge on any atom is 0.150 e. The standard InChI is InChI=1S/C8H8O2.C4H9NO.C3H4.C2H6/c1-10-8-4-2-7(6-9)3-5-8;1-4(6)3-5-2;1-3-2;1-2/h2-6H,1H3;5H,3H2,1-2H3;1H,2H3;1-2H3. The van der Waals surface area contributed by atoms with Gasteiger partial charge in [0, 0.05) is 5.56 Å². The Labute approximate surface area is 128 Å². The molecule has 0 amide bonds. The van der Waals surface area contributed by atoms with Crippen molar-refractivity contribution in [3.8, 4) is 18.1 Å². The molecule has 4 nitrogen and oxygen atoms in total. The van der Waals surface area contributed by atoms with Gasteiger partial charge >= 0.3 is 0 Å². The average Bonchev–Trinajstić information content (AvgIpc) is 2.50. The van der Waals surface area contributed by atoms with Crippen molar-refractivity contribution >= 4 is 12.1 Å². The van der Waals surface area contributed by atoms with Crippen molar-refractivity contribution in [2.24, 2.45) is 0 Å². The Bertz CT molecular complexity index is 391. The van der Waals surface area contributed by atoms with Crippen LogP contribution >= 0.6 is 0 Å². The van der Waals surface area contributed by atoms with Gasteiger partial charge in [0.1, 0.15) is 17.8 Å². The van der Waals surface area contributed by atoms with Crippen LogP contribution in [-0.2, 0) is 4.79 Å². The number of ether oxygens (including phenoxy) is 1. The van der Waals surface area contributed by atoms with Crippen LogP contribution in [0.15, 0.2) is 24.3 Å². The lowest BCUT2D eigenvalue weighted by atomic mass is 10.2. The van der Waals surface area contributed by atoms with Crippen LogP contribution < -0.4 is 10.1 Å². The highest BCUT2D eigenvalue weighted by atomic mass is 16.5. The number of terminal acetylenes is 1. The summed E-state index contributed by atoms with van der Waals surface area (Å²) in [6, 6.07) is 6.94. The summed E-state index contributed by atoms with van der Waals surface area (Å²) < 4.78 is 4.90. The molecule has 0 radical (unpaired) electrons. The number of carbonyl (C=O) groups excluding carboxylic acids is 2. The summed E-state index contributed by atoms with van der Waals surface area (Å²) in [5, 5.41) is 2.72. The van der Waals surface area contributed by atoms with Crippen LogP contribution in [0.25, 0.3) is 0 Å². The summed E-state index contributed by atoms with van der Waals surface area (Å²) in [6.45, 7) is 7.69. The van der Waals surface area contributed by atoms with Gasteiger partial charge < -0.3 is 10.1 Å². The normalized spacial score (nSPS) is 7.29. The minimum Gasteiger partial charge on any atom is -0.497 e. The molecule has 0 aliphatic carbocycles. The highest BCUT2D eigenvalue weighted by Crippen LogP contribution is 2.09. The molecule has 1 rings (SSSR count). The second-order valence-corrected chi connectivity index (χ2v) is 3.41. The molecule has 1 aromatic rings. The van der Waals surface area contributed by atoms with Crippen LogP contribution in [-0.4, -0.2) is 32.8 Å². The van der Waals surface area contributed by atoms with E-state index in [1.54, 1.807) is 52.3 Å². The van der Waals surface area contributed by atoms with E-state index in [-0.39, 0.29) is 5.78 Å². The summed E-state index contributed by atoms with van der Waals surface area (Å²) in [4.78, 5) is 20.1. The smallest absolute Gasteiger partial charge is 0.150 e. The van der Waals surface area contributed by atoms with Gasteiger partial charge in [-0.3, -0.25) is 9.59 Å². The second-order valence-electron chi connectivity index (χ2n) is 3.41. The molecule has 0 bridgehead atoms. The molecule has 0 fully saturated rings. The van der Waals surface area contributed by atoms with Gasteiger partial charge in [0.15, 0.2) is 0 Å². The maximum absolute atomic E-state index is 10.2. The minimum absolute atomic E-state index is 0.178. The largest absolute Gasteiger partial charge is 0.497 e. The fourth-order valence-corrected chi connectivity index (χ4v) is 0.931. The first-order valence-corrected chi connectivity index (χ1v) is 6.66. The van der Waals surface area contributed by atoms with Crippen LogP contribution in [0.3, 0.4) is 0 Å². The molecule has 118 valence electrons. The van der Waals surface area contributed by atoms with Crippen molar-refractivity contribution < 1.29 is 14.3 Å². The maximum atomic E-state index is 10.2. The molecule has 1 N–H and O–H groups in total. The molecular weight excluding hydrogens is 266 g/mol. The Hall–Kier alpha value is -2.12. The molecule has 0 aliphatic rings. The fraction of sp³-hybridized carbons (Fsp3) is 0.412. The molecule has 0 saturated carbocycles. The molecular formula is C17H27NO3. The molecule has 1 aromatic carbocycles. The van der Waals surface area contributed by atoms with Gasteiger partial charge in [-0.05, 0) is 45.2 Å². The van der Waals surface area contributed by atoms with Gasteiger partial charge in [-0.25, -0.2) is 0 Å². The third-order valence-corrected chi connectivity index (χ3v) is 1.68. The zero-order valence-electron chi connectivity index (χ0n) is 13.9. The molecule has 0 atom stereocenters. The third-order valence-electron chi connectivity index (χ3n) is 1.68. The number of nitrogens with one attached hydrogen (secondary N) is 1. The topological polar surface area (TPSA) is 55.4 Å². The molecule has 0 unspecified atom stereocenters. The number of carbonyl (C=O) groups is 2. The number of likely N-dealkylation sites (N-methyl/N-ethyl adjacent to an activating group) is 1. The van der Waals surface area contributed by atoms with Gasteiger partial charge in [-0.1, -0.05) is 13.8 Å². The fourth-order valence-electron chi connectivity index (χ4n) is 0.931. The van der Waals surface area contributed by atoms with Gasteiger partial charge in [0.05, 0.1) is 13.7 Å². The summed E-state index contributed by atoms with van der Waals surface area (Å²) in [6.07, 6.45) is 5.40. The number of methoxy groups -OCH3 is 1. The van der Waals surface area contributed by atoms with E-state index in [2.05, 4.69) is 17.7 Å².